The van der Waals surface area contributed by atoms with Crippen LogP contribution in [0.25, 0.3) is 38.7 Å². The smallest absolute Gasteiger partial charge is 0.170 e. The second-order valence-electron chi connectivity index (χ2n) is 12.6. The highest BCUT2D eigenvalue weighted by Gasteiger charge is 2.31. The number of para-hydroxylation sites is 2. The number of hydrogen-bond acceptors (Lipinski definition) is 3. The van der Waals surface area contributed by atoms with Crippen LogP contribution >= 0.6 is 7.14 Å². The summed E-state index contributed by atoms with van der Waals surface area (Å²) in [6, 6.07) is 34.3. The van der Waals surface area contributed by atoms with E-state index in [9.17, 15) is 0 Å². The summed E-state index contributed by atoms with van der Waals surface area (Å²) in [5.41, 5.74) is 12.2. The fourth-order valence-corrected chi connectivity index (χ4v) is 9.56. The van der Waals surface area contributed by atoms with Gasteiger partial charge in [0.2, 0.25) is 0 Å². The van der Waals surface area contributed by atoms with E-state index >= 15 is 4.57 Å². The van der Waals surface area contributed by atoms with Crippen molar-refractivity contribution >= 4 is 56.5 Å². The van der Waals surface area contributed by atoms with Crippen LogP contribution in [0.4, 0.5) is 0 Å². The highest BCUT2D eigenvalue weighted by atomic mass is 31.2. The third-order valence-electron chi connectivity index (χ3n) is 9.40. The zero-order chi connectivity index (χ0) is 34.8. The summed E-state index contributed by atoms with van der Waals surface area (Å²) in [7, 11) is -3.11. The first-order valence-electron chi connectivity index (χ1n) is 17.2. The predicted octanol–water partition coefficient (Wildman–Crippen LogP) is 10.8. The van der Waals surface area contributed by atoms with Gasteiger partial charge in [-0.15, -0.1) is 5.73 Å². The van der Waals surface area contributed by atoms with Crippen LogP contribution in [0.3, 0.4) is 0 Å². The molecule has 0 atom stereocenters. The predicted molar refractivity (Wildman–Crippen MR) is 215 cm³/mol. The van der Waals surface area contributed by atoms with Crippen molar-refractivity contribution in [3.8, 4) is 0 Å². The molecule has 8 rings (SSSR count). The Balaban J connectivity index is 1.23. The quantitative estimate of drug-likeness (QED) is 0.0960. The van der Waals surface area contributed by atoms with Crippen LogP contribution < -0.4 is 10.6 Å². The van der Waals surface area contributed by atoms with E-state index in [1.54, 1.807) is 0 Å². The van der Waals surface area contributed by atoms with Gasteiger partial charge < -0.3 is 4.57 Å². The van der Waals surface area contributed by atoms with Crippen molar-refractivity contribution in [3.05, 3.63) is 204 Å². The summed E-state index contributed by atoms with van der Waals surface area (Å²) in [6.07, 6.45) is 22.1. The Morgan fingerprint density at radius 1 is 0.824 bits per heavy atom. The van der Waals surface area contributed by atoms with Gasteiger partial charge in [0.1, 0.15) is 11.5 Å². The average molecular weight is 678 g/mol. The van der Waals surface area contributed by atoms with E-state index in [0.29, 0.717) is 6.42 Å². The van der Waals surface area contributed by atoms with Gasteiger partial charge in [-0.1, -0.05) is 134 Å². The first kappa shape index (κ1) is 32.2. The van der Waals surface area contributed by atoms with E-state index in [0.717, 1.165) is 83.6 Å². The molecule has 0 bridgehead atoms. The molecule has 2 heterocycles. The minimum atomic E-state index is -3.11. The fourth-order valence-electron chi connectivity index (χ4n) is 6.85. The van der Waals surface area contributed by atoms with E-state index < -0.39 is 7.14 Å². The van der Waals surface area contributed by atoms with E-state index in [1.165, 1.54) is 0 Å². The molecule has 0 radical (unpaired) electrons. The number of benzene rings is 4. The van der Waals surface area contributed by atoms with Gasteiger partial charge in [0.05, 0.1) is 16.6 Å². The number of nitrogens with zero attached hydrogens (tertiary/aromatic N) is 3. The monoisotopic (exact) mass is 677 g/mol. The van der Waals surface area contributed by atoms with Gasteiger partial charge in [0, 0.05) is 32.5 Å². The second-order valence-corrected chi connectivity index (χ2v) is 15.4. The fraction of sp³-hybridized carbons (Fsp3) is 0.0652. The Morgan fingerprint density at radius 2 is 1.57 bits per heavy atom. The zero-order valence-electron chi connectivity index (χ0n) is 28.4. The van der Waals surface area contributed by atoms with Crippen LogP contribution in [0, 0.1) is 0 Å². The van der Waals surface area contributed by atoms with Gasteiger partial charge >= 0.3 is 0 Å². The number of aromatic nitrogens is 3. The third-order valence-corrected chi connectivity index (χ3v) is 12.5. The zero-order valence-corrected chi connectivity index (χ0v) is 29.3. The molecule has 0 unspecified atom stereocenters. The molecular weight excluding hydrogens is 642 g/mol. The minimum absolute atomic E-state index is 0.625. The molecule has 2 aromatic heterocycles. The molecule has 4 nitrogen and oxygen atoms in total. The van der Waals surface area contributed by atoms with Crippen molar-refractivity contribution in [1.29, 1.82) is 0 Å². The van der Waals surface area contributed by atoms with Gasteiger partial charge in [-0.2, -0.15) is 0 Å². The van der Waals surface area contributed by atoms with E-state index in [2.05, 4.69) is 71.4 Å². The van der Waals surface area contributed by atoms with Gasteiger partial charge in [-0.05, 0) is 72.9 Å². The maximum absolute atomic E-state index is 15.2. The minimum Gasteiger partial charge on any atom is -0.309 e. The molecule has 2 aliphatic carbocycles. The molecule has 246 valence electrons. The lowest BCUT2D eigenvalue weighted by Gasteiger charge is -2.20. The van der Waals surface area contributed by atoms with Crippen molar-refractivity contribution in [3.63, 3.8) is 0 Å². The van der Waals surface area contributed by atoms with E-state index in [-0.39, 0.29) is 0 Å². The summed E-state index contributed by atoms with van der Waals surface area (Å²) in [5, 5.41) is 3.45. The summed E-state index contributed by atoms with van der Waals surface area (Å²) in [5.74, 6) is 0.766. The lowest BCUT2D eigenvalue weighted by atomic mass is 9.95. The molecule has 51 heavy (non-hydrogen) atoms. The molecule has 0 fully saturated rings. The molecule has 0 spiro atoms. The molecular formula is C46H36N3OP. The van der Waals surface area contributed by atoms with Gasteiger partial charge in [-0.3, -0.25) is 4.40 Å². The van der Waals surface area contributed by atoms with Crippen molar-refractivity contribution in [2.24, 2.45) is 0 Å². The standard InChI is InChI=1S/C46H36N3OP/c1-3-4-7-16-33(2)45-47-42-30-27-37(32-41(42)46-48-43-23-14-15-24-44(43)49(45)46)35-18-13-12-17-34-25-28-40(29-26-36(34)31-35)51(50,38-19-8-5-9-20-38)39-21-10-6-11-22-39/h3-12,14-16,18-24,26-32H,2,13,25H2,1H3/b4-3-,16-7-,35-18?,36-31?. The molecule has 0 aliphatic heterocycles. The highest BCUT2D eigenvalue weighted by Crippen LogP contribution is 2.53. The van der Waals surface area contributed by atoms with E-state index in [4.69, 9.17) is 9.97 Å². The molecule has 0 saturated carbocycles. The normalized spacial score (nSPS) is 15.0. The van der Waals surface area contributed by atoms with Crippen LogP contribution in [0.1, 0.15) is 31.2 Å². The van der Waals surface area contributed by atoms with Crippen LogP contribution in [0.15, 0.2) is 193 Å². The number of hydrogen-bond donors (Lipinski definition) is 0. The molecule has 0 saturated heterocycles. The Kier molecular flexibility index (Phi) is 8.64. The Bertz CT molecular complexity index is 2620. The Hall–Kier alpha value is -6.05. The van der Waals surface area contributed by atoms with Crippen LogP contribution in [-0.2, 0) is 4.57 Å². The molecule has 0 amide bonds. The average Bonchev–Trinajstić information content (AvgIpc) is 3.45. The second kappa shape index (κ2) is 13.7. The number of rotatable bonds is 7. The first-order chi connectivity index (χ1) is 25.0. The molecule has 2 aliphatic rings. The van der Waals surface area contributed by atoms with Gasteiger partial charge in [0.25, 0.3) is 0 Å². The largest absolute Gasteiger partial charge is 0.309 e. The van der Waals surface area contributed by atoms with Crippen LogP contribution in [-0.4, -0.2) is 14.4 Å². The summed E-state index contributed by atoms with van der Waals surface area (Å²) in [6.45, 7) is 6.35. The lowest BCUT2D eigenvalue weighted by molar-refractivity contribution is 0.591. The van der Waals surface area contributed by atoms with Crippen molar-refractivity contribution in [1.82, 2.24) is 14.4 Å². The maximum Gasteiger partial charge on any atom is 0.170 e. The maximum atomic E-state index is 15.2. The molecule has 6 aromatic rings. The number of allylic oxidation sites excluding steroid dienone is 14. The summed E-state index contributed by atoms with van der Waals surface area (Å²) in [4.78, 5) is 10.2. The Labute approximate surface area is 298 Å². The SMILES string of the molecule is C=C(/C=C\C=C/C)c1nc2ccc(C3=CCC=C=C4CC=C(P(=O)(c5ccccc5)c5ccccc5)C=CC4=C3)cc2c2nc3ccccc3n12. The molecule has 0 N–H and O–H groups in total. The van der Waals surface area contributed by atoms with Gasteiger partial charge in [-0.25, -0.2) is 9.97 Å². The summed E-state index contributed by atoms with van der Waals surface area (Å²) >= 11 is 0. The van der Waals surface area contributed by atoms with Crippen LogP contribution in [0.2, 0.25) is 0 Å². The number of imidazole rings is 1. The van der Waals surface area contributed by atoms with Crippen molar-refractivity contribution in [2.45, 2.75) is 19.8 Å². The summed E-state index contributed by atoms with van der Waals surface area (Å²) < 4.78 is 17.3. The van der Waals surface area contributed by atoms with Crippen LogP contribution in [0.5, 0.6) is 0 Å². The molecule has 5 heteroatoms. The third kappa shape index (κ3) is 5.96. The highest BCUT2D eigenvalue weighted by molar-refractivity contribution is 7.82. The number of fused-ring (bicyclic) bond motifs is 6. The topological polar surface area (TPSA) is 47.3 Å². The lowest BCUT2D eigenvalue weighted by Crippen LogP contribution is -2.16. The first-order valence-corrected chi connectivity index (χ1v) is 18.9. The van der Waals surface area contributed by atoms with Gasteiger partial charge in [0.15, 0.2) is 7.14 Å². The molecule has 4 aromatic carbocycles. The Morgan fingerprint density at radius 3 is 2.33 bits per heavy atom. The van der Waals surface area contributed by atoms with E-state index in [1.807, 2.05) is 116 Å². The van der Waals surface area contributed by atoms with Crippen molar-refractivity contribution in [2.75, 3.05) is 0 Å². The van der Waals surface area contributed by atoms with Crippen molar-refractivity contribution < 1.29 is 4.57 Å².